The number of ether oxygens (including phenoxy) is 4. The van der Waals surface area contributed by atoms with E-state index in [0.29, 0.717) is 39.2 Å². The van der Waals surface area contributed by atoms with Gasteiger partial charge < -0.3 is 29.6 Å². The van der Waals surface area contributed by atoms with Crippen molar-refractivity contribution in [2.45, 2.75) is 31.3 Å². The van der Waals surface area contributed by atoms with Gasteiger partial charge in [0.15, 0.2) is 16.6 Å². The Labute approximate surface area is 225 Å². The zero-order valence-electron chi connectivity index (χ0n) is 22.2. The maximum Gasteiger partial charge on any atom is 0.337 e. The molecule has 3 unspecified atom stereocenters. The molecule has 10 heteroatoms. The number of rotatable bonds is 8. The predicted molar refractivity (Wildman–Crippen MR) is 146 cm³/mol. The first kappa shape index (κ1) is 27.0. The number of anilines is 1. The molecule has 0 amide bonds. The first-order chi connectivity index (χ1) is 18.3. The maximum absolute atomic E-state index is 13.7. The third-order valence-electron chi connectivity index (χ3n) is 6.90. The van der Waals surface area contributed by atoms with Gasteiger partial charge in [-0.05, 0) is 37.6 Å². The fraction of sp³-hybridized carbons (Fsp3) is 0.321. The van der Waals surface area contributed by atoms with Gasteiger partial charge in [-0.15, -0.1) is 11.3 Å². The molecule has 2 aromatic carbocycles. The minimum atomic E-state index is -1.31. The lowest BCUT2D eigenvalue weighted by Gasteiger charge is -2.47. The number of hydrogen-bond acceptors (Lipinski definition) is 10. The van der Waals surface area contributed by atoms with Crippen LogP contribution in [0.25, 0.3) is 11.3 Å². The van der Waals surface area contributed by atoms with E-state index in [-0.39, 0.29) is 0 Å². The second-order valence-electron chi connectivity index (χ2n) is 8.81. The van der Waals surface area contributed by atoms with Crippen LogP contribution < -0.4 is 20.1 Å². The van der Waals surface area contributed by atoms with Crippen molar-refractivity contribution in [3.8, 4) is 22.8 Å². The largest absolute Gasteiger partial charge is 0.493 e. The number of thiazole rings is 1. The lowest BCUT2D eigenvalue weighted by Crippen LogP contribution is -2.65. The molecule has 0 saturated heterocycles. The van der Waals surface area contributed by atoms with E-state index in [0.717, 1.165) is 5.56 Å². The van der Waals surface area contributed by atoms with Gasteiger partial charge in [0, 0.05) is 22.7 Å². The Morgan fingerprint density at radius 3 is 2.34 bits per heavy atom. The van der Waals surface area contributed by atoms with Gasteiger partial charge in [0.25, 0.3) is 0 Å². The zero-order valence-corrected chi connectivity index (χ0v) is 23.0. The van der Waals surface area contributed by atoms with Crippen molar-refractivity contribution >= 4 is 28.4 Å². The number of methoxy groups -OCH3 is 4. The van der Waals surface area contributed by atoms with E-state index in [1.165, 1.54) is 25.6 Å². The van der Waals surface area contributed by atoms with Crippen LogP contribution in [0.3, 0.4) is 0 Å². The third-order valence-corrected chi connectivity index (χ3v) is 7.67. The Morgan fingerprint density at radius 2 is 1.71 bits per heavy atom. The van der Waals surface area contributed by atoms with Gasteiger partial charge in [0.1, 0.15) is 5.41 Å². The van der Waals surface area contributed by atoms with Crippen LogP contribution in [-0.2, 0) is 24.5 Å². The number of nitrogens with one attached hydrogen (secondary N) is 2. The third kappa shape index (κ3) is 4.56. The summed E-state index contributed by atoms with van der Waals surface area (Å²) >= 11 is 1.36. The van der Waals surface area contributed by atoms with E-state index < -0.39 is 29.4 Å². The molecule has 38 heavy (non-hydrogen) atoms. The van der Waals surface area contributed by atoms with Crippen molar-refractivity contribution in [1.29, 1.82) is 0 Å². The molecule has 0 fully saturated rings. The Hall–Kier alpha value is -4.05. The molecule has 0 radical (unpaired) electrons. The number of allylic oxidation sites excluding steroid dienone is 1. The summed E-state index contributed by atoms with van der Waals surface area (Å²) in [5, 5.41) is 9.13. The van der Waals surface area contributed by atoms with Crippen molar-refractivity contribution in [1.82, 2.24) is 10.3 Å². The molecule has 1 aromatic heterocycles. The van der Waals surface area contributed by atoms with Crippen LogP contribution in [0.4, 0.5) is 5.13 Å². The summed E-state index contributed by atoms with van der Waals surface area (Å²) < 4.78 is 21.3. The quantitative estimate of drug-likeness (QED) is 0.410. The van der Waals surface area contributed by atoms with Crippen LogP contribution in [0.15, 0.2) is 65.2 Å². The highest BCUT2D eigenvalue weighted by Crippen LogP contribution is 2.43. The van der Waals surface area contributed by atoms with Crippen LogP contribution in [0, 0.1) is 0 Å². The lowest BCUT2D eigenvalue weighted by molar-refractivity contribution is -0.149. The average Bonchev–Trinajstić information content (AvgIpc) is 3.41. The van der Waals surface area contributed by atoms with E-state index in [2.05, 4.69) is 10.6 Å². The molecular formula is C28H31N3O6S. The highest BCUT2D eigenvalue weighted by Gasteiger charge is 2.58. The van der Waals surface area contributed by atoms with Crippen molar-refractivity contribution in [3.63, 3.8) is 0 Å². The van der Waals surface area contributed by atoms with Gasteiger partial charge in [-0.1, -0.05) is 30.3 Å². The molecule has 0 saturated carbocycles. The summed E-state index contributed by atoms with van der Waals surface area (Å²) in [5.74, 6) is 0.148. The van der Waals surface area contributed by atoms with E-state index in [1.807, 2.05) is 60.8 Å². The van der Waals surface area contributed by atoms with Crippen molar-refractivity contribution < 1.29 is 28.5 Å². The molecule has 3 aromatic rings. The smallest absolute Gasteiger partial charge is 0.337 e. The molecular weight excluding hydrogens is 506 g/mol. The number of aromatic nitrogens is 1. The molecule has 0 bridgehead atoms. The van der Waals surface area contributed by atoms with Gasteiger partial charge in [-0.25, -0.2) is 9.78 Å². The summed E-state index contributed by atoms with van der Waals surface area (Å²) in [6.07, 6.45) is 0. The van der Waals surface area contributed by atoms with E-state index in [9.17, 15) is 9.59 Å². The van der Waals surface area contributed by atoms with Crippen molar-refractivity contribution in [3.05, 3.63) is 70.7 Å². The normalized spacial score (nSPS) is 20.8. The minimum Gasteiger partial charge on any atom is -0.493 e. The molecule has 0 aliphatic carbocycles. The molecule has 2 N–H and O–H groups in total. The number of carbonyl (C=O) groups excluding carboxylic acids is 2. The monoisotopic (exact) mass is 537 g/mol. The fourth-order valence-electron chi connectivity index (χ4n) is 5.08. The SMILES string of the molecule is COC(=O)C1=C(C)NC(C)C(C(=O)OC)(c2ccccc2)C1Nc1nc(-c2ccc(OC)c(OC)c2)cs1. The van der Waals surface area contributed by atoms with Crippen LogP contribution in [0.2, 0.25) is 0 Å². The molecule has 200 valence electrons. The minimum absolute atomic E-state index is 0.294. The average molecular weight is 538 g/mol. The predicted octanol–water partition coefficient (Wildman–Crippen LogP) is 4.16. The van der Waals surface area contributed by atoms with Gasteiger partial charge in [-0.3, -0.25) is 4.79 Å². The molecule has 1 aliphatic rings. The van der Waals surface area contributed by atoms with Gasteiger partial charge >= 0.3 is 11.9 Å². The molecule has 1 aliphatic heterocycles. The van der Waals surface area contributed by atoms with Gasteiger partial charge in [-0.2, -0.15) is 0 Å². The lowest BCUT2D eigenvalue weighted by atomic mass is 9.64. The van der Waals surface area contributed by atoms with Crippen LogP contribution >= 0.6 is 11.3 Å². The summed E-state index contributed by atoms with van der Waals surface area (Å²) in [7, 11) is 5.82. The van der Waals surface area contributed by atoms with Crippen molar-refractivity contribution in [2.75, 3.05) is 33.8 Å². The number of carbonyl (C=O) groups is 2. The molecule has 0 spiro atoms. The highest BCUT2D eigenvalue weighted by atomic mass is 32.1. The Balaban J connectivity index is 1.85. The van der Waals surface area contributed by atoms with E-state index in [1.54, 1.807) is 21.1 Å². The number of hydrogen-bond donors (Lipinski definition) is 2. The Bertz CT molecular complexity index is 1360. The number of benzene rings is 2. The molecule has 3 atom stereocenters. The fourth-order valence-corrected chi connectivity index (χ4v) is 5.83. The summed E-state index contributed by atoms with van der Waals surface area (Å²) in [5.41, 5.74) is 1.80. The van der Waals surface area contributed by atoms with Crippen LogP contribution in [-0.4, -0.2) is 57.4 Å². The maximum atomic E-state index is 13.7. The summed E-state index contributed by atoms with van der Waals surface area (Å²) in [4.78, 5) is 31.6. The molecule has 4 rings (SSSR count). The second-order valence-corrected chi connectivity index (χ2v) is 9.67. The topological polar surface area (TPSA) is 108 Å². The molecule has 2 heterocycles. The van der Waals surface area contributed by atoms with Gasteiger partial charge in [0.2, 0.25) is 0 Å². The Morgan fingerprint density at radius 1 is 1.00 bits per heavy atom. The molecule has 9 nitrogen and oxygen atoms in total. The number of esters is 2. The number of nitrogens with zero attached hydrogens (tertiary/aromatic N) is 1. The van der Waals surface area contributed by atoms with Crippen molar-refractivity contribution in [2.24, 2.45) is 0 Å². The highest BCUT2D eigenvalue weighted by molar-refractivity contribution is 7.14. The summed E-state index contributed by atoms with van der Waals surface area (Å²) in [6, 6.07) is 13.6. The van der Waals surface area contributed by atoms with Crippen LogP contribution in [0.5, 0.6) is 11.5 Å². The first-order valence-corrected chi connectivity index (χ1v) is 12.8. The second kappa shape index (κ2) is 11.1. The zero-order chi connectivity index (χ0) is 27.4. The standard InChI is InChI=1S/C28H31N3O6S/c1-16-23(25(32)36-5)24(28(17(2)29-16,26(33)37-6)19-10-8-7-9-11-19)31-27-30-20(15-38-27)18-12-13-21(34-3)22(14-18)35-4/h7-15,17,24,29H,1-6H3,(H,30,31). The van der Waals surface area contributed by atoms with Gasteiger partial charge in [0.05, 0.1) is 45.7 Å². The summed E-state index contributed by atoms with van der Waals surface area (Å²) in [6.45, 7) is 3.69. The van der Waals surface area contributed by atoms with Crippen LogP contribution in [0.1, 0.15) is 19.4 Å². The van der Waals surface area contributed by atoms with E-state index >= 15 is 0 Å². The Kier molecular flexibility index (Phi) is 7.91. The van der Waals surface area contributed by atoms with E-state index in [4.69, 9.17) is 23.9 Å². The first-order valence-electron chi connectivity index (χ1n) is 12.0.